The number of amides is 1. The van der Waals surface area contributed by atoms with Gasteiger partial charge in [0.15, 0.2) is 0 Å². The van der Waals surface area contributed by atoms with Crippen LogP contribution in [0.2, 0.25) is 0 Å². The van der Waals surface area contributed by atoms with Crippen LogP contribution in [0.3, 0.4) is 0 Å². The smallest absolute Gasteiger partial charge is 0.337 e. The summed E-state index contributed by atoms with van der Waals surface area (Å²) in [4.78, 5) is 23.6. The van der Waals surface area contributed by atoms with Crippen molar-refractivity contribution in [2.75, 3.05) is 25.5 Å². The molecule has 20 heavy (non-hydrogen) atoms. The maximum Gasteiger partial charge on any atom is 0.337 e. The number of carbonyl (C=O) groups is 2. The molecule has 0 bridgehead atoms. The van der Waals surface area contributed by atoms with Crippen molar-refractivity contribution in [2.45, 2.75) is 13.8 Å². The predicted molar refractivity (Wildman–Crippen MR) is 76.7 cm³/mol. The van der Waals surface area contributed by atoms with Gasteiger partial charge in [0.2, 0.25) is 5.91 Å². The molecular weight excluding hydrogens is 256 g/mol. The second kappa shape index (κ2) is 6.05. The predicted octanol–water partition coefficient (Wildman–Crippen LogP) is 1.58. The highest BCUT2D eigenvalue weighted by Gasteiger charge is 2.29. The summed E-state index contributed by atoms with van der Waals surface area (Å²) in [6.07, 6.45) is 0. The molecule has 1 saturated heterocycles. The number of methoxy groups -OCH3 is 1. The third-order valence-electron chi connectivity index (χ3n) is 3.76. The molecule has 2 N–H and O–H groups in total. The molecule has 0 aromatic heterocycles. The molecule has 0 radical (unpaired) electrons. The minimum absolute atomic E-state index is 0.00492. The first-order valence-electron chi connectivity index (χ1n) is 6.73. The number of carbonyl (C=O) groups excluding carboxylic acids is 2. The fourth-order valence-corrected chi connectivity index (χ4v) is 2.44. The van der Waals surface area contributed by atoms with E-state index >= 15 is 0 Å². The molecule has 108 valence electrons. The highest BCUT2D eigenvalue weighted by Crippen LogP contribution is 2.21. The van der Waals surface area contributed by atoms with Crippen LogP contribution in [-0.4, -0.2) is 32.1 Å². The van der Waals surface area contributed by atoms with Gasteiger partial charge < -0.3 is 15.4 Å². The second-order valence-electron chi connectivity index (χ2n) is 5.25. The van der Waals surface area contributed by atoms with E-state index in [1.165, 1.54) is 7.11 Å². The van der Waals surface area contributed by atoms with Gasteiger partial charge in [-0.3, -0.25) is 4.79 Å². The number of ether oxygens (including phenoxy) is 1. The Balaban J connectivity index is 2.10. The van der Waals surface area contributed by atoms with Gasteiger partial charge in [0.25, 0.3) is 0 Å². The number of rotatable bonds is 3. The lowest BCUT2D eigenvalue weighted by molar-refractivity contribution is -0.120. The highest BCUT2D eigenvalue weighted by atomic mass is 16.5. The van der Waals surface area contributed by atoms with E-state index in [-0.39, 0.29) is 17.8 Å². The number of benzene rings is 1. The Morgan fingerprint density at radius 2 is 2.10 bits per heavy atom. The number of esters is 1. The fourth-order valence-electron chi connectivity index (χ4n) is 2.44. The lowest BCUT2D eigenvalue weighted by Crippen LogP contribution is -2.28. The van der Waals surface area contributed by atoms with Crippen molar-refractivity contribution in [1.29, 1.82) is 0 Å². The van der Waals surface area contributed by atoms with Gasteiger partial charge in [0.1, 0.15) is 0 Å². The zero-order valence-corrected chi connectivity index (χ0v) is 12.0. The molecule has 1 heterocycles. The first kappa shape index (κ1) is 14.5. The van der Waals surface area contributed by atoms with E-state index < -0.39 is 0 Å². The average Bonchev–Trinajstić information content (AvgIpc) is 2.86. The zero-order chi connectivity index (χ0) is 14.7. The highest BCUT2D eigenvalue weighted by molar-refractivity contribution is 5.95. The van der Waals surface area contributed by atoms with Crippen molar-refractivity contribution in [2.24, 2.45) is 11.8 Å². The Morgan fingerprint density at radius 3 is 2.65 bits per heavy atom. The molecule has 2 atom stereocenters. The molecule has 5 nitrogen and oxygen atoms in total. The molecule has 0 unspecified atom stereocenters. The molecule has 1 amide bonds. The van der Waals surface area contributed by atoms with Gasteiger partial charge in [-0.05, 0) is 43.1 Å². The molecule has 1 aromatic rings. The van der Waals surface area contributed by atoms with Crippen molar-refractivity contribution < 1.29 is 14.3 Å². The van der Waals surface area contributed by atoms with E-state index in [1.54, 1.807) is 18.2 Å². The lowest BCUT2D eigenvalue weighted by Gasteiger charge is -2.15. The minimum atomic E-state index is -0.375. The van der Waals surface area contributed by atoms with E-state index in [2.05, 4.69) is 22.3 Å². The van der Waals surface area contributed by atoms with Crippen LogP contribution in [0.4, 0.5) is 5.69 Å². The first-order valence-corrected chi connectivity index (χ1v) is 6.73. The summed E-state index contributed by atoms with van der Waals surface area (Å²) in [5.41, 5.74) is 2.07. The molecule has 0 spiro atoms. The Labute approximate surface area is 118 Å². The Bertz CT molecular complexity index is 528. The Hall–Kier alpha value is -1.88. The van der Waals surface area contributed by atoms with Gasteiger partial charge in [-0.2, -0.15) is 0 Å². The summed E-state index contributed by atoms with van der Waals surface area (Å²) in [5.74, 6) is -0.0182. The average molecular weight is 276 g/mol. The molecule has 2 rings (SSSR count). The summed E-state index contributed by atoms with van der Waals surface area (Å²) >= 11 is 0. The molecule has 1 fully saturated rings. The molecule has 5 heteroatoms. The topological polar surface area (TPSA) is 67.4 Å². The van der Waals surface area contributed by atoms with Gasteiger partial charge in [-0.15, -0.1) is 0 Å². The van der Waals surface area contributed by atoms with Gasteiger partial charge in [-0.25, -0.2) is 4.79 Å². The Kier molecular flexibility index (Phi) is 4.39. The van der Waals surface area contributed by atoms with E-state index in [0.29, 0.717) is 18.0 Å². The maximum absolute atomic E-state index is 12.2. The summed E-state index contributed by atoms with van der Waals surface area (Å²) in [7, 11) is 1.35. The number of hydrogen-bond acceptors (Lipinski definition) is 4. The van der Waals surface area contributed by atoms with Crippen LogP contribution in [0, 0.1) is 18.8 Å². The summed E-state index contributed by atoms with van der Waals surface area (Å²) in [6.45, 7) is 5.51. The number of aryl methyl sites for hydroxylation is 1. The van der Waals surface area contributed by atoms with E-state index in [9.17, 15) is 9.59 Å². The molecule has 0 saturated carbocycles. The molecule has 1 aliphatic rings. The maximum atomic E-state index is 12.2. The lowest BCUT2D eigenvalue weighted by atomic mass is 9.97. The normalized spacial score (nSPS) is 21.6. The van der Waals surface area contributed by atoms with Crippen LogP contribution in [0.25, 0.3) is 0 Å². The van der Waals surface area contributed by atoms with Crippen LogP contribution in [0.1, 0.15) is 22.8 Å². The summed E-state index contributed by atoms with van der Waals surface area (Å²) in [6, 6.07) is 5.12. The van der Waals surface area contributed by atoms with Gasteiger partial charge >= 0.3 is 5.97 Å². The summed E-state index contributed by atoms with van der Waals surface area (Å²) in [5, 5.41) is 6.15. The van der Waals surface area contributed by atoms with Crippen LogP contribution in [0.5, 0.6) is 0 Å². The largest absolute Gasteiger partial charge is 0.465 e. The minimum Gasteiger partial charge on any atom is -0.465 e. The van der Waals surface area contributed by atoms with Crippen molar-refractivity contribution in [3.05, 3.63) is 29.3 Å². The van der Waals surface area contributed by atoms with E-state index in [0.717, 1.165) is 17.8 Å². The Morgan fingerprint density at radius 1 is 1.35 bits per heavy atom. The standard InChI is InChI=1S/C15H20N2O3/c1-9-6-11(15(19)20-3)4-5-13(9)17-14(18)12-8-16-7-10(12)2/h4-6,10,12,16H,7-8H2,1-3H3,(H,17,18)/t10-,12-/m1/s1. The fraction of sp³-hybridized carbons (Fsp3) is 0.467. The number of anilines is 1. The van der Waals surface area contributed by atoms with Crippen molar-refractivity contribution in [3.8, 4) is 0 Å². The van der Waals surface area contributed by atoms with E-state index in [1.807, 2.05) is 6.92 Å². The van der Waals surface area contributed by atoms with Crippen molar-refractivity contribution in [3.63, 3.8) is 0 Å². The number of nitrogens with one attached hydrogen (secondary N) is 2. The molecular formula is C15H20N2O3. The van der Waals surface area contributed by atoms with Crippen molar-refractivity contribution in [1.82, 2.24) is 5.32 Å². The van der Waals surface area contributed by atoms with Crippen LogP contribution >= 0.6 is 0 Å². The van der Waals surface area contributed by atoms with Crippen LogP contribution in [0.15, 0.2) is 18.2 Å². The van der Waals surface area contributed by atoms with Gasteiger partial charge in [-0.1, -0.05) is 6.92 Å². The van der Waals surface area contributed by atoms with E-state index in [4.69, 9.17) is 0 Å². The summed E-state index contributed by atoms with van der Waals surface area (Å²) < 4.78 is 4.67. The van der Waals surface area contributed by atoms with Crippen molar-refractivity contribution >= 4 is 17.6 Å². The third kappa shape index (κ3) is 2.99. The zero-order valence-electron chi connectivity index (χ0n) is 12.0. The second-order valence-corrected chi connectivity index (χ2v) is 5.25. The van der Waals surface area contributed by atoms with Gasteiger partial charge in [0.05, 0.1) is 18.6 Å². The molecule has 1 aliphatic heterocycles. The van der Waals surface area contributed by atoms with Crippen LogP contribution in [-0.2, 0) is 9.53 Å². The van der Waals surface area contributed by atoms with Gasteiger partial charge in [0, 0.05) is 12.2 Å². The monoisotopic (exact) mass is 276 g/mol. The number of hydrogen-bond donors (Lipinski definition) is 2. The molecule has 1 aromatic carbocycles. The first-order chi connectivity index (χ1) is 9.52. The third-order valence-corrected chi connectivity index (χ3v) is 3.76. The SMILES string of the molecule is COC(=O)c1ccc(NC(=O)[C@@H]2CNC[C@H]2C)c(C)c1. The van der Waals surface area contributed by atoms with Crippen LogP contribution < -0.4 is 10.6 Å². The molecule has 0 aliphatic carbocycles. The quantitative estimate of drug-likeness (QED) is 0.822.